The van der Waals surface area contributed by atoms with Gasteiger partial charge in [-0.3, -0.25) is 0 Å². The van der Waals surface area contributed by atoms with Gasteiger partial charge in [-0.1, -0.05) is 13.8 Å². The molecule has 0 bridgehead atoms. The van der Waals surface area contributed by atoms with E-state index in [9.17, 15) is 4.39 Å². The molecule has 1 heterocycles. The molecule has 0 aromatic carbocycles. The molecule has 84 valence electrons. The van der Waals surface area contributed by atoms with Gasteiger partial charge in [0.25, 0.3) is 0 Å². The van der Waals surface area contributed by atoms with Gasteiger partial charge >= 0.3 is 0 Å². The van der Waals surface area contributed by atoms with Crippen LogP contribution in [0.2, 0.25) is 0 Å². The second-order valence-corrected chi connectivity index (χ2v) is 5.25. The monoisotopic (exact) mass is 201 g/mol. The Hall–Kier alpha value is -0.110. The highest BCUT2D eigenvalue weighted by Crippen LogP contribution is 2.35. The van der Waals surface area contributed by atoms with Crippen LogP contribution in [0.4, 0.5) is 4.39 Å². The summed E-state index contributed by atoms with van der Waals surface area (Å²) in [4.78, 5) is 0. The van der Waals surface area contributed by atoms with Gasteiger partial charge in [0, 0.05) is 0 Å². The number of alkyl halides is 1. The Kier molecular flexibility index (Phi) is 4.36. The summed E-state index contributed by atoms with van der Waals surface area (Å²) in [7, 11) is 0. The van der Waals surface area contributed by atoms with Crippen molar-refractivity contribution in [2.24, 2.45) is 11.8 Å². The van der Waals surface area contributed by atoms with Crippen molar-refractivity contribution in [2.75, 3.05) is 13.1 Å². The summed E-state index contributed by atoms with van der Waals surface area (Å²) in [5.41, 5.74) is -0.958. The van der Waals surface area contributed by atoms with E-state index in [0.29, 0.717) is 12.3 Å². The van der Waals surface area contributed by atoms with Gasteiger partial charge in [0.05, 0.1) is 0 Å². The molecule has 1 rings (SSSR count). The molecule has 2 atom stereocenters. The third-order valence-corrected chi connectivity index (χ3v) is 3.23. The van der Waals surface area contributed by atoms with Gasteiger partial charge in [-0.05, 0) is 57.5 Å². The van der Waals surface area contributed by atoms with E-state index in [0.717, 1.165) is 32.4 Å². The fourth-order valence-corrected chi connectivity index (χ4v) is 2.59. The standard InChI is InChI=1S/C12H24FN/c1-10(2)9-12(3,13)11-5-4-7-14-8-6-11/h10-11,14H,4-9H2,1-3H3. The molecule has 1 nitrogen and oxygen atoms in total. The maximum absolute atomic E-state index is 14.4. The molecule has 0 aromatic heterocycles. The lowest BCUT2D eigenvalue weighted by atomic mass is 9.80. The Bertz CT molecular complexity index is 158. The van der Waals surface area contributed by atoms with Gasteiger partial charge in [-0.2, -0.15) is 0 Å². The third kappa shape index (κ3) is 3.56. The van der Waals surface area contributed by atoms with E-state index in [1.54, 1.807) is 6.92 Å². The minimum atomic E-state index is -0.958. The van der Waals surface area contributed by atoms with E-state index in [-0.39, 0.29) is 5.92 Å². The predicted molar refractivity (Wildman–Crippen MR) is 59.2 cm³/mol. The Morgan fingerprint density at radius 3 is 2.71 bits per heavy atom. The summed E-state index contributed by atoms with van der Waals surface area (Å²) in [5, 5.41) is 3.34. The lowest BCUT2D eigenvalue weighted by Gasteiger charge is -2.31. The topological polar surface area (TPSA) is 12.0 Å². The Morgan fingerprint density at radius 2 is 2.07 bits per heavy atom. The normalized spacial score (nSPS) is 28.5. The Balaban J connectivity index is 2.50. The maximum Gasteiger partial charge on any atom is 0.111 e. The first kappa shape index (κ1) is 12.0. The highest BCUT2D eigenvalue weighted by Gasteiger charge is 2.34. The van der Waals surface area contributed by atoms with Crippen LogP contribution in [0.25, 0.3) is 0 Å². The van der Waals surface area contributed by atoms with Crippen LogP contribution in [0, 0.1) is 11.8 Å². The molecule has 1 aliphatic heterocycles. The molecule has 0 spiro atoms. The molecule has 0 aromatic rings. The predicted octanol–water partition coefficient (Wildman–Crippen LogP) is 3.15. The summed E-state index contributed by atoms with van der Waals surface area (Å²) < 4.78 is 14.4. The van der Waals surface area contributed by atoms with E-state index < -0.39 is 5.67 Å². The molecule has 14 heavy (non-hydrogen) atoms. The van der Waals surface area contributed by atoms with E-state index in [1.165, 1.54) is 0 Å². The quantitative estimate of drug-likeness (QED) is 0.739. The van der Waals surface area contributed by atoms with Crippen molar-refractivity contribution < 1.29 is 4.39 Å². The fraction of sp³-hybridized carbons (Fsp3) is 1.00. The SMILES string of the molecule is CC(C)CC(C)(F)C1CCCNCC1. The molecular formula is C12H24FN. The first-order valence-corrected chi connectivity index (χ1v) is 5.92. The smallest absolute Gasteiger partial charge is 0.111 e. The van der Waals surface area contributed by atoms with Crippen LogP contribution in [-0.2, 0) is 0 Å². The summed E-state index contributed by atoms with van der Waals surface area (Å²) in [5.74, 6) is 0.723. The van der Waals surface area contributed by atoms with Gasteiger partial charge < -0.3 is 5.32 Å². The largest absolute Gasteiger partial charge is 0.317 e. The van der Waals surface area contributed by atoms with Crippen molar-refractivity contribution in [3.05, 3.63) is 0 Å². The summed E-state index contributed by atoms with van der Waals surface area (Å²) in [6, 6.07) is 0. The van der Waals surface area contributed by atoms with Gasteiger partial charge in [-0.15, -0.1) is 0 Å². The second-order valence-electron chi connectivity index (χ2n) is 5.25. The molecule has 0 aliphatic carbocycles. The Labute approximate surface area is 87.5 Å². The molecule has 0 saturated carbocycles. The van der Waals surface area contributed by atoms with Crippen LogP contribution >= 0.6 is 0 Å². The minimum Gasteiger partial charge on any atom is -0.317 e. The van der Waals surface area contributed by atoms with Gasteiger partial charge in [0.1, 0.15) is 5.67 Å². The van der Waals surface area contributed by atoms with E-state index in [4.69, 9.17) is 0 Å². The molecule has 2 unspecified atom stereocenters. The molecule has 0 radical (unpaired) electrons. The second kappa shape index (κ2) is 5.11. The van der Waals surface area contributed by atoms with Crippen molar-refractivity contribution in [1.29, 1.82) is 0 Å². The zero-order chi connectivity index (χ0) is 10.6. The average Bonchev–Trinajstić information content (AvgIpc) is 2.28. The van der Waals surface area contributed by atoms with Crippen molar-refractivity contribution in [3.8, 4) is 0 Å². The van der Waals surface area contributed by atoms with Crippen LogP contribution in [0.5, 0.6) is 0 Å². The van der Waals surface area contributed by atoms with Gasteiger partial charge in [0.2, 0.25) is 0 Å². The zero-order valence-corrected chi connectivity index (χ0v) is 9.78. The molecule has 0 amide bonds. The first-order chi connectivity index (χ1) is 6.52. The molecular weight excluding hydrogens is 177 g/mol. The van der Waals surface area contributed by atoms with Gasteiger partial charge in [0.15, 0.2) is 0 Å². The van der Waals surface area contributed by atoms with Crippen molar-refractivity contribution in [2.45, 2.75) is 52.1 Å². The number of hydrogen-bond donors (Lipinski definition) is 1. The number of rotatable bonds is 3. The van der Waals surface area contributed by atoms with E-state index >= 15 is 0 Å². The summed E-state index contributed by atoms with van der Waals surface area (Å²) in [6.07, 6.45) is 3.88. The van der Waals surface area contributed by atoms with Crippen LogP contribution < -0.4 is 5.32 Å². The molecule has 1 aliphatic rings. The van der Waals surface area contributed by atoms with E-state index in [2.05, 4.69) is 19.2 Å². The molecule has 1 saturated heterocycles. The van der Waals surface area contributed by atoms with Crippen molar-refractivity contribution in [3.63, 3.8) is 0 Å². The fourth-order valence-electron chi connectivity index (χ4n) is 2.59. The van der Waals surface area contributed by atoms with Crippen LogP contribution in [0.1, 0.15) is 46.5 Å². The number of hydrogen-bond acceptors (Lipinski definition) is 1. The Morgan fingerprint density at radius 1 is 1.36 bits per heavy atom. The minimum absolute atomic E-state index is 0.264. The van der Waals surface area contributed by atoms with Crippen molar-refractivity contribution >= 4 is 0 Å². The third-order valence-electron chi connectivity index (χ3n) is 3.23. The van der Waals surface area contributed by atoms with Crippen molar-refractivity contribution in [1.82, 2.24) is 5.32 Å². The highest BCUT2D eigenvalue weighted by molar-refractivity contribution is 4.85. The summed E-state index contributed by atoms with van der Waals surface area (Å²) >= 11 is 0. The lowest BCUT2D eigenvalue weighted by molar-refractivity contribution is 0.0684. The summed E-state index contributed by atoms with van der Waals surface area (Å²) in [6.45, 7) is 8.05. The number of halogens is 1. The van der Waals surface area contributed by atoms with Crippen LogP contribution in [0.15, 0.2) is 0 Å². The van der Waals surface area contributed by atoms with E-state index in [1.807, 2.05) is 0 Å². The maximum atomic E-state index is 14.4. The zero-order valence-electron chi connectivity index (χ0n) is 9.78. The molecule has 2 heteroatoms. The molecule has 1 N–H and O–H groups in total. The lowest BCUT2D eigenvalue weighted by Crippen LogP contribution is -2.32. The number of nitrogens with one attached hydrogen (secondary N) is 1. The first-order valence-electron chi connectivity index (χ1n) is 5.92. The average molecular weight is 201 g/mol. The van der Waals surface area contributed by atoms with Crippen LogP contribution in [0.3, 0.4) is 0 Å². The highest BCUT2D eigenvalue weighted by atomic mass is 19.1. The van der Waals surface area contributed by atoms with Crippen LogP contribution in [-0.4, -0.2) is 18.8 Å². The molecule has 1 fully saturated rings. The van der Waals surface area contributed by atoms with Gasteiger partial charge in [-0.25, -0.2) is 4.39 Å².